The van der Waals surface area contributed by atoms with Gasteiger partial charge in [0.05, 0.1) is 26.3 Å². The number of methoxy groups -OCH3 is 2. The molecule has 1 aromatic rings. The third-order valence-corrected chi connectivity index (χ3v) is 4.76. The number of carbonyl (C=O) groups is 2. The Bertz CT molecular complexity index is 566. The lowest BCUT2D eigenvalue weighted by atomic mass is 9.95. The van der Waals surface area contributed by atoms with Crippen molar-refractivity contribution in [2.75, 3.05) is 60.2 Å². The number of ether oxygens (including phenoxy) is 2. The molecule has 0 atom stereocenters. The predicted molar refractivity (Wildman–Crippen MR) is 104 cm³/mol. The summed E-state index contributed by atoms with van der Waals surface area (Å²) in [6.07, 6.45) is 2.15. The van der Waals surface area contributed by atoms with E-state index in [0.29, 0.717) is 32.8 Å². The number of hydrogen-bond acceptors (Lipinski definition) is 5. The zero-order valence-electron chi connectivity index (χ0n) is 16.3. The van der Waals surface area contributed by atoms with Crippen LogP contribution in [0.1, 0.15) is 18.4 Å². The van der Waals surface area contributed by atoms with Crippen LogP contribution in [0.3, 0.4) is 0 Å². The summed E-state index contributed by atoms with van der Waals surface area (Å²) in [5.74, 6) is -0.193. The fourth-order valence-corrected chi connectivity index (χ4v) is 3.18. The van der Waals surface area contributed by atoms with Crippen LogP contribution < -0.4 is 10.6 Å². The predicted octanol–water partition coefficient (Wildman–Crippen LogP) is 0.545. The molecule has 2 amide bonds. The van der Waals surface area contributed by atoms with Crippen molar-refractivity contribution in [2.45, 2.75) is 18.3 Å². The molecular weight excluding hydrogens is 346 g/mol. The molecular formula is C20H31N3O4. The Labute approximate surface area is 161 Å². The highest BCUT2D eigenvalue weighted by atomic mass is 16.5. The summed E-state index contributed by atoms with van der Waals surface area (Å²) in [6.45, 7) is 2.94. The molecule has 0 unspecified atom stereocenters. The van der Waals surface area contributed by atoms with E-state index >= 15 is 0 Å². The quantitative estimate of drug-likeness (QED) is 0.491. The number of hydrogen-bond donors (Lipinski definition) is 2. The Balaban J connectivity index is 1.96. The number of amides is 2. The van der Waals surface area contributed by atoms with Crippen LogP contribution in [0.2, 0.25) is 0 Å². The van der Waals surface area contributed by atoms with Crippen LogP contribution in [0, 0.1) is 0 Å². The Kier molecular flexibility index (Phi) is 8.71. The van der Waals surface area contributed by atoms with E-state index in [1.165, 1.54) is 5.56 Å². The van der Waals surface area contributed by atoms with Crippen LogP contribution in [0.5, 0.6) is 0 Å². The largest absolute Gasteiger partial charge is 0.383 e. The first-order chi connectivity index (χ1) is 13.1. The fourth-order valence-electron chi connectivity index (χ4n) is 3.18. The van der Waals surface area contributed by atoms with Gasteiger partial charge in [-0.1, -0.05) is 30.3 Å². The molecule has 0 radical (unpaired) electrons. The number of benzene rings is 1. The summed E-state index contributed by atoms with van der Waals surface area (Å²) in [4.78, 5) is 26.4. The van der Waals surface area contributed by atoms with Crippen molar-refractivity contribution in [1.29, 1.82) is 0 Å². The molecule has 150 valence electrons. The molecule has 1 aromatic carbocycles. The maximum Gasteiger partial charge on any atom is 0.234 e. The van der Waals surface area contributed by atoms with Crippen LogP contribution in [0.15, 0.2) is 30.3 Å². The molecule has 0 saturated heterocycles. The van der Waals surface area contributed by atoms with Crippen molar-refractivity contribution in [3.8, 4) is 0 Å². The molecule has 1 saturated carbocycles. The zero-order chi connectivity index (χ0) is 19.5. The highest BCUT2D eigenvalue weighted by Gasteiger charge is 2.45. The lowest BCUT2D eigenvalue weighted by Gasteiger charge is -2.27. The van der Waals surface area contributed by atoms with Gasteiger partial charge in [0.25, 0.3) is 0 Å². The second kappa shape index (κ2) is 11.0. The van der Waals surface area contributed by atoms with Gasteiger partial charge in [0.2, 0.25) is 11.8 Å². The Morgan fingerprint density at radius 3 is 1.93 bits per heavy atom. The molecule has 7 nitrogen and oxygen atoms in total. The van der Waals surface area contributed by atoms with Crippen molar-refractivity contribution < 1.29 is 19.1 Å². The Morgan fingerprint density at radius 1 is 0.963 bits per heavy atom. The Morgan fingerprint density at radius 2 is 1.48 bits per heavy atom. The van der Waals surface area contributed by atoms with Crippen LogP contribution in [0.25, 0.3) is 0 Å². The normalized spacial score (nSPS) is 14.8. The molecule has 0 spiro atoms. The van der Waals surface area contributed by atoms with Crippen molar-refractivity contribution in [1.82, 2.24) is 15.5 Å². The fraction of sp³-hybridized carbons (Fsp3) is 0.600. The molecule has 1 aliphatic carbocycles. The van der Waals surface area contributed by atoms with Gasteiger partial charge in [-0.3, -0.25) is 14.5 Å². The van der Waals surface area contributed by atoms with Gasteiger partial charge in [-0.05, 0) is 18.4 Å². The molecule has 0 bridgehead atoms. The van der Waals surface area contributed by atoms with Gasteiger partial charge in [-0.25, -0.2) is 0 Å². The first-order valence-electron chi connectivity index (χ1n) is 9.39. The van der Waals surface area contributed by atoms with Crippen LogP contribution in [-0.2, 0) is 24.5 Å². The molecule has 7 heteroatoms. The minimum Gasteiger partial charge on any atom is -0.383 e. The van der Waals surface area contributed by atoms with Crippen molar-refractivity contribution in [3.05, 3.63) is 35.9 Å². The van der Waals surface area contributed by atoms with Crippen molar-refractivity contribution in [2.24, 2.45) is 0 Å². The smallest absolute Gasteiger partial charge is 0.234 e. The summed E-state index contributed by atoms with van der Waals surface area (Å²) in [7, 11) is 3.19. The van der Waals surface area contributed by atoms with Crippen LogP contribution in [-0.4, -0.2) is 76.9 Å². The monoisotopic (exact) mass is 377 g/mol. The minimum atomic E-state index is -0.0967. The van der Waals surface area contributed by atoms with Gasteiger partial charge >= 0.3 is 0 Å². The molecule has 0 aliphatic heterocycles. The van der Waals surface area contributed by atoms with Gasteiger partial charge in [-0.15, -0.1) is 0 Å². The van der Waals surface area contributed by atoms with E-state index in [9.17, 15) is 9.59 Å². The second-order valence-electron chi connectivity index (χ2n) is 6.98. The summed E-state index contributed by atoms with van der Waals surface area (Å²) in [5, 5.41) is 5.66. The SMILES string of the molecule is COCCNC(=O)CN(CC(=O)NCCOC)CC1(c2ccccc2)CC1. The molecule has 27 heavy (non-hydrogen) atoms. The molecule has 2 rings (SSSR count). The average Bonchev–Trinajstić information content (AvgIpc) is 3.43. The molecule has 1 aliphatic rings. The third-order valence-electron chi connectivity index (χ3n) is 4.76. The lowest BCUT2D eigenvalue weighted by molar-refractivity contribution is -0.125. The summed E-state index contributed by atoms with van der Waals surface area (Å²) in [5.41, 5.74) is 1.32. The van der Waals surface area contributed by atoms with Crippen LogP contribution >= 0.6 is 0 Å². The van der Waals surface area contributed by atoms with Crippen molar-refractivity contribution in [3.63, 3.8) is 0 Å². The third kappa shape index (κ3) is 7.28. The first kappa shape index (κ1) is 21.3. The molecule has 0 aromatic heterocycles. The van der Waals surface area contributed by atoms with Crippen LogP contribution in [0.4, 0.5) is 0 Å². The van der Waals surface area contributed by atoms with Gasteiger partial charge in [0.1, 0.15) is 0 Å². The maximum atomic E-state index is 12.3. The van der Waals surface area contributed by atoms with E-state index in [0.717, 1.165) is 12.8 Å². The first-order valence-corrected chi connectivity index (χ1v) is 9.39. The zero-order valence-corrected chi connectivity index (χ0v) is 16.3. The van der Waals surface area contributed by atoms with Gasteiger partial charge in [0, 0.05) is 39.3 Å². The average molecular weight is 377 g/mol. The topological polar surface area (TPSA) is 79.9 Å². The van der Waals surface area contributed by atoms with E-state index in [1.807, 2.05) is 23.1 Å². The molecule has 1 fully saturated rings. The number of rotatable bonds is 13. The van der Waals surface area contributed by atoms with E-state index in [2.05, 4.69) is 22.8 Å². The van der Waals surface area contributed by atoms with E-state index in [1.54, 1.807) is 14.2 Å². The number of nitrogens with zero attached hydrogens (tertiary/aromatic N) is 1. The lowest BCUT2D eigenvalue weighted by Crippen LogP contribution is -2.46. The maximum absolute atomic E-state index is 12.3. The van der Waals surface area contributed by atoms with Gasteiger partial charge in [0.15, 0.2) is 0 Å². The van der Waals surface area contributed by atoms with E-state index in [4.69, 9.17) is 9.47 Å². The standard InChI is InChI=1S/C20H31N3O4/c1-26-12-10-21-18(24)14-23(15-19(25)22-11-13-27-2)16-20(8-9-20)17-6-4-3-5-7-17/h3-7H,8-16H2,1-2H3,(H,21,24)(H,22,25). The summed E-state index contributed by atoms with van der Waals surface area (Å²) >= 11 is 0. The summed E-state index contributed by atoms with van der Waals surface area (Å²) < 4.78 is 9.92. The highest BCUT2D eigenvalue weighted by molar-refractivity contribution is 5.81. The molecule has 0 heterocycles. The Hall–Kier alpha value is -1.96. The summed E-state index contributed by atoms with van der Waals surface area (Å²) in [6, 6.07) is 10.3. The highest BCUT2D eigenvalue weighted by Crippen LogP contribution is 2.48. The second-order valence-corrected chi connectivity index (χ2v) is 6.98. The van der Waals surface area contributed by atoms with Gasteiger partial charge < -0.3 is 20.1 Å². The van der Waals surface area contributed by atoms with Gasteiger partial charge in [-0.2, -0.15) is 0 Å². The number of carbonyl (C=O) groups excluding carboxylic acids is 2. The van der Waals surface area contributed by atoms with E-state index < -0.39 is 0 Å². The number of nitrogens with one attached hydrogen (secondary N) is 2. The minimum absolute atomic E-state index is 0.0425. The van der Waals surface area contributed by atoms with E-state index in [-0.39, 0.29) is 30.3 Å². The van der Waals surface area contributed by atoms with Crippen molar-refractivity contribution >= 4 is 11.8 Å². The molecule has 2 N–H and O–H groups in total.